The number of benzene rings is 1. The van der Waals surface area contributed by atoms with E-state index in [2.05, 4.69) is 22.9 Å². The Kier molecular flexibility index (Phi) is 4.74. The summed E-state index contributed by atoms with van der Waals surface area (Å²) >= 11 is 9.65. The third-order valence-electron chi connectivity index (χ3n) is 3.55. The number of likely N-dealkylation sites (tertiary alicyclic amines) is 1. The number of hydrogen-bond donors (Lipinski definition) is 0. The van der Waals surface area contributed by atoms with E-state index in [4.69, 9.17) is 16.3 Å². The molecule has 2 rings (SSSR count). The van der Waals surface area contributed by atoms with Gasteiger partial charge >= 0.3 is 0 Å². The van der Waals surface area contributed by atoms with E-state index in [0.29, 0.717) is 18.0 Å². The molecule has 1 heterocycles. The number of rotatable bonds is 2. The molecule has 19 heavy (non-hydrogen) atoms. The van der Waals surface area contributed by atoms with Crippen molar-refractivity contribution in [2.45, 2.75) is 18.7 Å². The summed E-state index contributed by atoms with van der Waals surface area (Å²) in [4.78, 5) is 14.2. The molecule has 0 radical (unpaired) electrons. The zero-order valence-electron chi connectivity index (χ0n) is 11.0. The van der Waals surface area contributed by atoms with Gasteiger partial charge < -0.3 is 9.64 Å². The Morgan fingerprint density at radius 2 is 2.26 bits per heavy atom. The molecular weight excluding hydrogens is 330 g/mol. The number of halogens is 2. The molecule has 0 saturated carbocycles. The average Bonchev–Trinajstić information content (AvgIpc) is 2.41. The molecule has 0 aliphatic carbocycles. The van der Waals surface area contributed by atoms with Crippen molar-refractivity contribution < 1.29 is 9.53 Å². The number of carbonyl (C=O) groups is 1. The van der Waals surface area contributed by atoms with Gasteiger partial charge in [-0.3, -0.25) is 4.79 Å². The van der Waals surface area contributed by atoms with Gasteiger partial charge in [0.2, 0.25) is 0 Å². The Morgan fingerprint density at radius 1 is 1.53 bits per heavy atom. The summed E-state index contributed by atoms with van der Waals surface area (Å²) in [6, 6.07) is 5.37. The molecule has 1 aromatic carbocycles. The molecule has 1 aliphatic heterocycles. The molecule has 1 saturated heterocycles. The first-order valence-electron chi connectivity index (χ1n) is 6.29. The van der Waals surface area contributed by atoms with Crippen LogP contribution in [0, 0.1) is 5.92 Å². The van der Waals surface area contributed by atoms with Gasteiger partial charge in [0.15, 0.2) is 0 Å². The molecule has 0 bridgehead atoms. The van der Waals surface area contributed by atoms with Crippen molar-refractivity contribution >= 4 is 33.4 Å². The van der Waals surface area contributed by atoms with Gasteiger partial charge in [0.25, 0.3) is 5.91 Å². The lowest BCUT2D eigenvalue weighted by atomic mass is 9.98. The lowest BCUT2D eigenvalue weighted by molar-refractivity contribution is 0.0701. The molecule has 0 N–H and O–H groups in total. The predicted octanol–water partition coefficient (Wildman–Crippen LogP) is 3.55. The van der Waals surface area contributed by atoms with Crippen LogP contribution in [0.5, 0.6) is 5.75 Å². The van der Waals surface area contributed by atoms with E-state index in [0.717, 1.165) is 23.2 Å². The van der Waals surface area contributed by atoms with Crippen LogP contribution < -0.4 is 4.74 Å². The van der Waals surface area contributed by atoms with Crippen LogP contribution in [0.1, 0.15) is 23.7 Å². The summed E-state index contributed by atoms with van der Waals surface area (Å²) in [7, 11) is 1.60. The maximum absolute atomic E-state index is 12.4. The molecule has 0 aromatic heterocycles. The minimum atomic E-state index is 0.0286. The van der Waals surface area contributed by atoms with Gasteiger partial charge in [-0.2, -0.15) is 0 Å². The average molecular weight is 347 g/mol. The quantitative estimate of drug-likeness (QED) is 0.767. The van der Waals surface area contributed by atoms with E-state index in [9.17, 15) is 4.79 Å². The van der Waals surface area contributed by atoms with E-state index in [1.807, 2.05) is 4.90 Å². The number of methoxy groups -OCH3 is 1. The monoisotopic (exact) mass is 345 g/mol. The molecule has 2 unspecified atom stereocenters. The predicted molar refractivity (Wildman–Crippen MR) is 80.0 cm³/mol. The number of amides is 1. The Morgan fingerprint density at radius 3 is 2.84 bits per heavy atom. The molecule has 1 fully saturated rings. The molecule has 1 aliphatic rings. The summed E-state index contributed by atoms with van der Waals surface area (Å²) in [5, 5.41) is 0.0411. The molecule has 5 heteroatoms. The third-order valence-corrected chi connectivity index (χ3v) is 4.74. The highest BCUT2D eigenvalue weighted by Gasteiger charge is 2.28. The van der Waals surface area contributed by atoms with Crippen molar-refractivity contribution in [3.8, 4) is 5.75 Å². The van der Waals surface area contributed by atoms with Crippen LogP contribution in [-0.2, 0) is 0 Å². The van der Waals surface area contributed by atoms with Crippen LogP contribution in [0.3, 0.4) is 0 Å². The Labute approximate surface area is 127 Å². The largest absolute Gasteiger partial charge is 0.496 e. The first-order valence-corrected chi connectivity index (χ1v) is 7.52. The normalized spacial score (nSPS) is 23.3. The van der Waals surface area contributed by atoms with Gasteiger partial charge in [0.1, 0.15) is 5.75 Å². The molecule has 3 nitrogen and oxygen atoms in total. The Bertz CT molecular complexity index is 481. The summed E-state index contributed by atoms with van der Waals surface area (Å²) < 4.78 is 5.95. The molecule has 1 aromatic rings. The molecular formula is C14H17BrClNO2. The Balaban J connectivity index is 2.13. The highest BCUT2D eigenvalue weighted by atomic mass is 79.9. The summed E-state index contributed by atoms with van der Waals surface area (Å²) in [5.74, 6) is 1.22. The van der Waals surface area contributed by atoms with Crippen molar-refractivity contribution in [1.29, 1.82) is 0 Å². The van der Waals surface area contributed by atoms with Gasteiger partial charge in [0, 0.05) is 18.7 Å². The highest BCUT2D eigenvalue weighted by Crippen LogP contribution is 2.27. The van der Waals surface area contributed by atoms with E-state index >= 15 is 0 Å². The second-order valence-corrected chi connectivity index (χ2v) is 6.30. The third kappa shape index (κ3) is 3.23. The second kappa shape index (κ2) is 6.14. The van der Waals surface area contributed by atoms with E-state index < -0.39 is 0 Å². The van der Waals surface area contributed by atoms with Crippen molar-refractivity contribution in [3.05, 3.63) is 28.2 Å². The molecule has 104 valence electrons. The van der Waals surface area contributed by atoms with Crippen LogP contribution in [0.2, 0.25) is 0 Å². The Hall–Kier alpha value is -0.740. The molecule has 1 amide bonds. The standard InChI is InChI=1S/C14H17BrClNO2/c1-9-5-6-17(8-12(9)16)14(18)10-3-4-13(19-2)11(15)7-10/h3-4,7,9,12H,5-6,8H2,1-2H3. The fraction of sp³-hybridized carbons (Fsp3) is 0.500. The number of alkyl halides is 1. The van der Waals surface area contributed by atoms with E-state index in [1.54, 1.807) is 25.3 Å². The lowest BCUT2D eigenvalue weighted by Crippen LogP contribution is -2.43. The number of piperidine rings is 1. The lowest BCUT2D eigenvalue weighted by Gasteiger charge is -2.34. The second-order valence-electron chi connectivity index (χ2n) is 4.88. The smallest absolute Gasteiger partial charge is 0.253 e. The number of carbonyl (C=O) groups excluding carboxylic acids is 1. The topological polar surface area (TPSA) is 29.5 Å². The van der Waals surface area contributed by atoms with Crippen molar-refractivity contribution in [3.63, 3.8) is 0 Å². The SMILES string of the molecule is COc1ccc(C(=O)N2CCC(C)C(Cl)C2)cc1Br. The van der Waals surface area contributed by atoms with Gasteiger partial charge in [0.05, 0.1) is 17.0 Å². The summed E-state index contributed by atoms with van der Waals surface area (Å²) in [5.41, 5.74) is 0.658. The van der Waals surface area contributed by atoms with Gasteiger partial charge in [-0.15, -0.1) is 11.6 Å². The van der Waals surface area contributed by atoms with Crippen LogP contribution >= 0.6 is 27.5 Å². The first-order chi connectivity index (χ1) is 9.02. The van der Waals surface area contributed by atoms with E-state index in [1.165, 1.54) is 0 Å². The van der Waals surface area contributed by atoms with Gasteiger partial charge in [-0.1, -0.05) is 6.92 Å². The maximum atomic E-state index is 12.4. The minimum Gasteiger partial charge on any atom is -0.496 e. The fourth-order valence-corrected chi connectivity index (χ4v) is 3.02. The zero-order chi connectivity index (χ0) is 14.0. The summed E-state index contributed by atoms with van der Waals surface area (Å²) in [6.45, 7) is 3.52. The van der Waals surface area contributed by atoms with Crippen LogP contribution in [0.4, 0.5) is 0 Å². The minimum absolute atomic E-state index is 0.0286. The summed E-state index contributed by atoms with van der Waals surface area (Å²) in [6.07, 6.45) is 0.956. The van der Waals surface area contributed by atoms with Crippen molar-refractivity contribution in [2.24, 2.45) is 5.92 Å². The van der Waals surface area contributed by atoms with Crippen LogP contribution in [-0.4, -0.2) is 36.4 Å². The maximum Gasteiger partial charge on any atom is 0.253 e. The van der Waals surface area contributed by atoms with Gasteiger partial charge in [-0.25, -0.2) is 0 Å². The van der Waals surface area contributed by atoms with Gasteiger partial charge in [-0.05, 0) is 46.5 Å². The van der Waals surface area contributed by atoms with Crippen molar-refractivity contribution in [1.82, 2.24) is 4.90 Å². The first kappa shape index (κ1) is 14.7. The number of ether oxygens (including phenoxy) is 1. The molecule has 0 spiro atoms. The number of hydrogen-bond acceptors (Lipinski definition) is 2. The zero-order valence-corrected chi connectivity index (χ0v) is 13.4. The number of nitrogens with zero attached hydrogens (tertiary/aromatic N) is 1. The van der Waals surface area contributed by atoms with Crippen molar-refractivity contribution in [2.75, 3.05) is 20.2 Å². The van der Waals surface area contributed by atoms with Crippen LogP contribution in [0.25, 0.3) is 0 Å². The van der Waals surface area contributed by atoms with Crippen LogP contribution in [0.15, 0.2) is 22.7 Å². The highest BCUT2D eigenvalue weighted by molar-refractivity contribution is 9.10. The fourth-order valence-electron chi connectivity index (χ4n) is 2.19. The van der Waals surface area contributed by atoms with E-state index in [-0.39, 0.29) is 11.3 Å². The molecule has 2 atom stereocenters.